The van der Waals surface area contributed by atoms with Gasteiger partial charge in [-0.05, 0) is 43.7 Å². The fourth-order valence-electron chi connectivity index (χ4n) is 2.28. The van der Waals surface area contributed by atoms with Gasteiger partial charge in [0.05, 0.1) is 10.7 Å². The van der Waals surface area contributed by atoms with Crippen LogP contribution >= 0.6 is 11.6 Å². The van der Waals surface area contributed by atoms with Crippen molar-refractivity contribution in [2.24, 2.45) is 0 Å². The minimum atomic E-state index is -0.463. The number of nitrogens with one attached hydrogen (secondary N) is 2. The Bertz CT molecular complexity index is 888. The number of hydrogen-bond acceptors (Lipinski definition) is 5. The van der Waals surface area contributed by atoms with E-state index < -0.39 is 5.82 Å². The van der Waals surface area contributed by atoms with Crippen LogP contribution in [0.1, 0.15) is 20.3 Å². The van der Waals surface area contributed by atoms with Gasteiger partial charge in [0.25, 0.3) is 0 Å². The average Bonchev–Trinajstić information content (AvgIpc) is 2.65. The lowest BCUT2D eigenvalue weighted by molar-refractivity contribution is 0.628. The molecule has 0 aliphatic heterocycles. The van der Waals surface area contributed by atoms with Crippen LogP contribution in [0.3, 0.4) is 0 Å². The van der Waals surface area contributed by atoms with Gasteiger partial charge in [-0.15, -0.1) is 0 Å². The second kappa shape index (κ2) is 8.10. The summed E-state index contributed by atoms with van der Waals surface area (Å²) in [6.07, 6.45) is 4.40. The van der Waals surface area contributed by atoms with Gasteiger partial charge in [0.1, 0.15) is 11.6 Å². The molecule has 0 saturated heterocycles. The van der Waals surface area contributed by atoms with Crippen molar-refractivity contribution in [2.45, 2.75) is 26.3 Å². The topological polar surface area (TPSA) is 62.7 Å². The predicted molar refractivity (Wildman–Crippen MR) is 103 cm³/mol. The molecular formula is C19H19ClFN5. The van der Waals surface area contributed by atoms with Crippen LogP contribution in [0.4, 0.5) is 21.8 Å². The average molecular weight is 372 g/mol. The van der Waals surface area contributed by atoms with Crippen LogP contribution < -0.4 is 10.6 Å². The number of rotatable bonds is 6. The zero-order chi connectivity index (χ0) is 18.5. The molecule has 0 spiro atoms. The highest BCUT2D eigenvalue weighted by Crippen LogP contribution is 2.25. The van der Waals surface area contributed by atoms with Gasteiger partial charge in [-0.2, -0.15) is 4.98 Å². The molecule has 0 fully saturated rings. The van der Waals surface area contributed by atoms with Gasteiger partial charge in [-0.1, -0.05) is 18.5 Å². The summed E-state index contributed by atoms with van der Waals surface area (Å²) in [5, 5.41) is 6.48. The summed E-state index contributed by atoms with van der Waals surface area (Å²) in [7, 11) is 0. The molecule has 0 aliphatic carbocycles. The SMILES string of the molecule is CC[C@H](C)Nc1nc(Nc2ccc(F)c(Cl)c2)cc(-c2cccnc2)n1. The Hall–Kier alpha value is -2.73. The minimum absolute atomic E-state index is 0.0505. The Labute approximate surface area is 156 Å². The molecule has 0 aliphatic rings. The van der Waals surface area contributed by atoms with Crippen LogP contribution in [-0.4, -0.2) is 21.0 Å². The first-order valence-electron chi connectivity index (χ1n) is 8.33. The molecular weight excluding hydrogens is 353 g/mol. The molecule has 0 amide bonds. The van der Waals surface area contributed by atoms with E-state index in [-0.39, 0.29) is 11.1 Å². The summed E-state index contributed by atoms with van der Waals surface area (Å²) in [5.41, 5.74) is 2.25. The molecule has 3 rings (SSSR count). The Kier molecular flexibility index (Phi) is 5.63. The summed E-state index contributed by atoms with van der Waals surface area (Å²) < 4.78 is 13.4. The first-order valence-corrected chi connectivity index (χ1v) is 8.71. The molecule has 7 heteroatoms. The third-order valence-electron chi connectivity index (χ3n) is 3.86. The zero-order valence-corrected chi connectivity index (χ0v) is 15.3. The molecule has 0 radical (unpaired) electrons. The van der Waals surface area contributed by atoms with Crippen molar-refractivity contribution >= 4 is 29.1 Å². The normalized spacial score (nSPS) is 11.8. The lowest BCUT2D eigenvalue weighted by Gasteiger charge is -2.14. The maximum absolute atomic E-state index is 13.4. The molecule has 5 nitrogen and oxygen atoms in total. The lowest BCUT2D eigenvalue weighted by Crippen LogP contribution is -2.16. The number of aromatic nitrogens is 3. The highest BCUT2D eigenvalue weighted by atomic mass is 35.5. The molecule has 0 saturated carbocycles. The van der Waals surface area contributed by atoms with E-state index in [9.17, 15) is 4.39 Å². The summed E-state index contributed by atoms with van der Waals surface area (Å²) in [6, 6.07) is 10.3. The quantitative estimate of drug-likeness (QED) is 0.616. The van der Waals surface area contributed by atoms with E-state index in [4.69, 9.17) is 11.6 Å². The zero-order valence-electron chi connectivity index (χ0n) is 14.5. The monoisotopic (exact) mass is 371 g/mol. The van der Waals surface area contributed by atoms with Crippen LogP contribution in [0.2, 0.25) is 5.02 Å². The van der Waals surface area contributed by atoms with Crippen LogP contribution in [-0.2, 0) is 0 Å². The Morgan fingerprint density at radius 3 is 2.73 bits per heavy atom. The maximum atomic E-state index is 13.4. The highest BCUT2D eigenvalue weighted by Gasteiger charge is 2.10. The predicted octanol–water partition coefficient (Wildman–Crippen LogP) is 5.29. The van der Waals surface area contributed by atoms with Gasteiger partial charge < -0.3 is 10.6 Å². The van der Waals surface area contributed by atoms with Gasteiger partial charge in [-0.25, -0.2) is 9.37 Å². The van der Waals surface area contributed by atoms with Crippen molar-refractivity contribution in [1.82, 2.24) is 15.0 Å². The fraction of sp³-hybridized carbons (Fsp3) is 0.211. The van der Waals surface area contributed by atoms with Crippen LogP contribution in [0, 0.1) is 5.82 Å². The Morgan fingerprint density at radius 1 is 1.19 bits per heavy atom. The van der Waals surface area contributed by atoms with E-state index in [1.165, 1.54) is 12.1 Å². The molecule has 0 bridgehead atoms. The Morgan fingerprint density at radius 2 is 2.04 bits per heavy atom. The lowest BCUT2D eigenvalue weighted by atomic mass is 10.2. The molecule has 1 atom stereocenters. The number of anilines is 3. The van der Waals surface area contributed by atoms with E-state index in [2.05, 4.69) is 39.4 Å². The summed E-state index contributed by atoms with van der Waals surface area (Å²) >= 11 is 5.86. The number of halogens is 2. The van der Waals surface area contributed by atoms with Crippen molar-refractivity contribution in [3.05, 3.63) is 59.6 Å². The third-order valence-corrected chi connectivity index (χ3v) is 4.15. The van der Waals surface area contributed by atoms with Gasteiger partial charge in [0, 0.05) is 35.8 Å². The molecule has 2 N–H and O–H groups in total. The number of pyridine rings is 1. The fourth-order valence-corrected chi connectivity index (χ4v) is 2.46. The largest absolute Gasteiger partial charge is 0.352 e. The molecule has 0 unspecified atom stereocenters. The van der Waals surface area contributed by atoms with Crippen molar-refractivity contribution in [3.63, 3.8) is 0 Å². The molecule has 2 heterocycles. The minimum Gasteiger partial charge on any atom is -0.352 e. The van der Waals surface area contributed by atoms with Crippen molar-refractivity contribution < 1.29 is 4.39 Å². The van der Waals surface area contributed by atoms with Crippen molar-refractivity contribution in [2.75, 3.05) is 10.6 Å². The molecule has 1 aromatic carbocycles. The van der Waals surface area contributed by atoms with E-state index >= 15 is 0 Å². The Balaban J connectivity index is 1.97. The molecule has 3 aromatic rings. The van der Waals surface area contributed by atoms with E-state index in [0.29, 0.717) is 17.5 Å². The standard InChI is InChI=1S/C19H19ClFN5/c1-3-12(2)23-19-25-17(13-5-4-8-22-11-13)10-18(26-19)24-14-6-7-16(21)15(20)9-14/h4-12H,3H2,1-2H3,(H2,23,24,25,26)/t12-/m0/s1. The smallest absolute Gasteiger partial charge is 0.225 e. The van der Waals surface area contributed by atoms with Gasteiger partial charge in [0.15, 0.2) is 0 Å². The van der Waals surface area contributed by atoms with E-state index in [1.54, 1.807) is 18.5 Å². The van der Waals surface area contributed by atoms with Gasteiger partial charge >= 0.3 is 0 Å². The molecule has 134 valence electrons. The van der Waals surface area contributed by atoms with Gasteiger partial charge in [0.2, 0.25) is 5.95 Å². The highest BCUT2D eigenvalue weighted by molar-refractivity contribution is 6.31. The van der Waals surface area contributed by atoms with E-state index in [1.807, 2.05) is 18.2 Å². The second-order valence-electron chi connectivity index (χ2n) is 5.91. The molecule has 2 aromatic heterocycles. The number of hydrogen-bond donors (Lipinski definition) is 2. The number of nitrogens with zero attached hydrogens (tertiary/aromatic N) is 3. The van der Waals surface area contributed by atoms with Crippen molar-refractivity contribution in [3.8, 4) is 11.3 Å². The first-order chi connectivity index (χ1) is 12.5. The number of benzene rings is 1. The third kappa shape index (κ3) is 4.46. The van der Waals surface area contributed by atoms with Crippen LogP contribution in [0.5, 0.6) is 0 Å². The summed E-state index contributed by atoms with van der Waals surface area (Å²) in [5.74, 6) is 0.624. The molecule has 26 heavy (non-hydrogen) atoms. The summed E-state index contributed by atoms with van der Waals surface area (Å²) in [6.45, 7) is 4.15. The van der Waals surface area contributed by atoms with Gasteiger partial charge in [-0.3, -0.25) is 4.98 Å². The van der Waals surface area contributed by atoms with Crippen LogP contribution in [0.15, 0.2) is 48.8 Å². The second-order valence-corrected chi connectivity index (χ2v) is 6.32. The maximum Gasteiger partial charge on any atom is 0.225 e. The van der Waals surface area contributed by atoms with Crippen molar-refractivity contribution in [1.29, 1.82) is 0 Å². The first kappa shape index (κ1) is 18.1. The summed E-state index contributed by atoms with van der Waals surface area (Å²) in [4.78, 5) is 13.2. The van der Waals surface area contributed by atoms with Crippen LogP contribution in [0.25, 0.3) is 11.3 Å². The van der Waals surface area contributed by atoms with E-state index in [0.717, 1.165) is 17.7 Å².